The number of rotatable bonds is 6. The summed E-state index contributed by atoms with van der Waals surface area (Å²) < 4.78 is 0. The normalized spacial score (nSPS) is 10.8. The van der Waals surface area contributed by atoms with Crippen LogP contribution in [-0.2, 0) is 4.79 Å². The Morgan fingerprint density at radius 3 is 2.38 bits per heavy atom. The maximum absolute atomic E-state index is 12.3. The molecule has 0 fully saturated rings. The number of hydrogen-bond acceptors (Lipinski definition) is 2. The smallest absolute Gasteiger partial charge is 0.253 e. The van der Waals surface area contributed by atoms with Crippen LogP contribution >= 0.6 is 0 Å². The predicted molar refractivity (Wildman–Crippen MR) is 97.7 cm³/mol. The van der Waals surface area contributed by atoms with Crippen LogP contribution in [0, 0.1) is 5.92 Å². The third-order valence-electron chi connectivity index (χ3n) is 3.33. The lowest BCUT2D eigenvalue weighted by Crippen LogP contribution is -2.28. The molecule has 0 saturated heterocycles. The number of carbonyl (C=O) groups excluding carboxylic acids is 2. The van der Waals surface area contributed by atoms with Crippen molar-refractivity contribution in [2.75, 3.05) is 11.9 Å². The molecule has 0 aliphatic rings. The van der Waals surface area contributed by atoms with Crippen molar-refractivity contribution in [1.29, 1.82) is 0 Å². The zero-order chi connectivity index (χ0) is 17.4. The van der Waals surface area contributed by atoms with Gasteiger partial charge >= 0.3 is 0 Å². The van der Waals surface area contributed by atoms with Crippen molar-refractivity contribution in [1.82, 2.24) is 5.32 Å². The first-order valence-corrected chi connectivity index (χ1v) is 7.97. The second-order valence-electron chi connectivity index (χ2n) is 5.88. The van der Waals surface area contributed by atoms with Gasteiger partial charge in [-0.3, -0.25) is 9.59 Å². The lowest BCUT2D eigenvalue weighted by Gasteiger charge is -2.11. The second-order valence-corrected chi connectivity index (χ2v) is 5.88. The Balaban J connectivity index is 2.05. The van der Waals surface area contributed by atoms with Gasteiger partial charge in [0.25, 0.3) is 5.91 Å². The minimum absolute atomic E-state index is 0.188. The molecule has 0 bridgehead atoms. The Morgan fingerprint density at radius 2 is 1.67 bits per heavy atom. The molecule has 124 valence electrons. The Hall–Kier alpha value is -2.88. The monoisotopic (exact) mass is 322 g/mol. The van der Waals surface area contributed by atoms with Gasteiger partial charge in [-0.15, -0.1) is 0 Å². The van der Waals surface area contributed by atoms with Crippen molar-refractivity contribution in [3.05, 3.63) is 71.8 Å². The third kappa shape index (κ3) is 5.39. The van der Waals surface area contributed by atoms with E-state index in [1.165, 1.54) is 6.08 Å². The number of hydrogen-bond donors (Lipinski definition) is 2. The summed E-state index contributed by atoms with van der Waals surface area (Å²) in [5.74, 6) is -0.0980. The maximum atomic E-state index is 12.3. The molecule has 24 heavy (non-hydrogen) atoms. The fourth-order valence-corrected chi connectivity index (χ4v) is 2.09. The first-order chi connectivity index (χ1) is 11.6. The highest BCUT2D eigenvalue weighted by Crippen LogP contribution is 2.15. The summed E-state index contributed by atoms with van der Waals surface area (Å²) in [4.78, 5) is 24.3. The van der Waals surface area contributed by atoms with Crippen LogP contribution in [0.3, 0.4) is 0 Å². The van der Waals surface area contributed by atoms with Crippen molar-refractivity contribution in [2.24, 2.45) is 5.92 Å². The summed E-state index contributed by atoms with van der Waals surface area (Å²) in [6.45, 7) is 4.65. The minimum atomic E-state index is -0.275. The summed E-state index contributed by atoms with van der Waals surface area (Å²) in [5.41, 5.74) is 1.90. The van der Waals surface area contributed by atoms with Crippen LogP contribution in [0.15, 0.2) is 60.7 Å². The zero-order valence-electron chi connectivity index (χ0n) is 14.0. The van der Waals surface area contributed by atoms with Gasteiger partial charge in [0.2, 0.25) is 5.91 Å². The van der Waals surface area contributed by atoms with Gasteiger partial charge in [0.15, 0.2) is 0 Å². The standard InChI is InChI=1S/C20H22N2O2/c1-15(2)14-21-20(24)17-10-6-7-11-18(17)22-19(23)13-12-16-8-4-3-5-9-16/h3-13,15H,14H2,1-2H3,(H,21,24)(H,22,23)/b13-12-. The van der Waals surface area contributed by atoms with E-state index in [0.717, 1.165) is 5.56 Å². The third-order valence-corrected chi connectivity index (χ3v) is 3.33. The van der Waals surface area contributed by atoms with E-state index in [1.807, 2.05) is 44.2 Å². The van der Waals surface area contributed by atoms with Crippen molar-refractivity contribution in [3.8, 4) is 0 Å². The van der Waals surface area contributed by atoms with E-state index in [2.05, 4.69) is 10.6 Å². The van der Waals surface area contributed by atoms with Crippen LogP contribution in [0.1, 0.15) is 29.8 Å². The summed E-state index contributed by atoms with van der Waals surface area (Å²) in [6, 6.07) is 16.6. The Bertz CT molecular complexity index is 721. The van der Waals surface area contributed by atoms with E-state index in [0.29, 0.717) is 23.7 Å². The molecule has 0 atom stereocenters. The van der Waals surface area contributed by atoms with Crippen molar-refractivity contribution >= 4 is 23.6 Å². The van der Waals surface area contributed by atoms with Crippen LogP contribution in [0.5, 0.6) is 0 Å². The average Bonchev–Trinajstić information content (AvgIpc) is 2.59. The van der Waals surface area contributed by atoms with Gasteiger partial charge in [0, 0.05) is 12.6 Å². The molecule has 0 saturated carbocycles. The van der Waals surface area contributed by atoms with Crippen molar-refractivity contribution in [3.63, 3.8) is 0 Å². The Kier molecular flexibility index (Phi) is 6.32. The highest BCUT2D eigenvalue weighted by molar-refractivity contribution is 6.07. The molecule has 0 spiro atoms. The lowest BCUT2D eigenvalue weighted by molar-refractivity contribution is -0.111. The topological polar surface area (TPSA) is 58.2 Å². The SMILES string of the molecule is CC(C)CNC(=O)c1ccccc1NC(=O)/C=C\c1ccccc1. The van der Waals surface area contributed by atoms with Gasteiger partial charge in [-0.1, -0.05) is 56.3 Å². The fourth-order valence-electron chi connectivity index (χ4n) is 2.09. The van der Waals surface area contributed by atoms with Crippen LogP contribution in [0.4, 0.5) is 5.69 Å². The molecule has 2 rings (SSSR count). The molecule has 0 aliphatic carbocycles. The Labute approximate surface area is 142 Å². The van der Waals surface area contributed by atoms with Crippen LogP contribution in [-0.4, -0.2) is 18.4 Å². The zero-order valence-corrected chi connectivity index (χ0v) is 14.0. The van der Waals surface area contributed by atoms with Gasteiger partial charge in [0.1, 0.15) is 0 Å². The van der Waals surface area contributed by atoms with Crippen LogP contribution < -0.4 is 10.6 Å². The first kappa shape index (κ1) is 17.5. The summed E-state index contributed by atoms with van der Waals surface area (Å²) in [6.07, 6.45) is 3.19. The van der Waals surface area contributed by atoms with E-state index < -0.39 is 0 Å². The van der Waals surface area contributed by atoms with Gasteiger partial charge in [-0.2, -0.15) is 0 Å². The van der Waals surface area contributed by atoms with Gasteiger partial charge < -0.3 is 10.6 Å². The molecule has 0 unspecified atom stereocenters. The summed E-state index contributed by atoms with van der Waals surface area (Å²) >= 11 is 0. The van der Waals surface area contributed by atoms with Gasteiger partial charge in [-0.25, -0.2) is 0 Å². The quantitative estimate of drug-likeness (QED) is 0.796. The molecular formula is C20H22N2O2. The van der Waals surface area contributed by atoms with Crippen molar-refractivity contribution in [2.45, 2.75) is 13.8 Å². The second kappa shape index (κ2) is 8.67. The van der Waals surface area contributed by atoms with E-state index in [4.69, 9.17) is 0 Å². The number of benzene rings is 2. The molecule has 0 aromatic heterocycles. The molecule has 0 aliphatic heterocycles. The number of carbonyl (C=O) groups is 2. The van der Waals surface area contributed by atoms with Crippen LogP contribution in [0.25, 0.3) is 6.08 Å². The molecule has 2 N–H and O–H groups in total. The molecule has 4 heteroatoms. The highest BCUT2D eigenvalue weighted by Gasteiger charge is 2.12. The highest BCUT2D eigenvalue weighted by atomic mass is 16.2. The van der Waals surface area contributed by atoms with E-state index in [9.17, 15) is 9.59 Å². The molecule has 0 radical (unpaired) electrons. The molecule has 4 nitrogen and oxygen atoms in total. The summed E-state index contributed by atoms with van der Waals surface area (Å²) in [7, 11) is 0. The lowest BCUT2D eigenvalue weighted by atomic mass is 10.1. The molecule has 2 aromatic rings. The van der Waals surface area contributed by atoms with E-state index in [-0.39, 0.29) is 11.8 Å². The molecule has 2 aromatic carbocycles. The molecule has 2 amide bonds. The Morgan fingerprint density at radius 1 is 1.00 bits per heavy atom. The first-order valence-electron chi connectivity index (χ1n) is 7.97. The van der Waals surface area contributed by atoms with Gasteiger partial charge in [-0.05, 0) is 29.7 Å². The average molecular weight is 322 g/mol. The largest absolute Gasteiger partial charge is 0.352 e. The molecule has 0 heterocycles. The van der Waals surface area contributed by atoms with E-state index >= 15 is 0 Å². The van der Waals surface area contributed by atoms with Crippen LogP contribution in [0.2, 0.25) is 0 Å². The van der Waals surface area contributed by atoms with Crippen molar-refractivity contribution < 1.29 is 9.59 Å². The number of nitrogens with one attached hydrogen (secondary N) is 2. The maximum Gasteiger partial charge on any atom is 0.253 e. The van der Waals surface area contributed by atoms with Gasteiger partial charge in [0.05, 0.1) is 11.3 Å². The van der Waals surface area contributed by atoms with E-state index in [1.54, 1.807) is 30.3 Å². The summed E-state index contributed by atoms with van der Waals surface area (Å²) in [5, 5.41) is 5.62. The fraction of sp³-hybridized carbons (Fsp3) is 0.200. The molecular weight excluding hydrogens is 300 g/mol. The number of para-hydroxylation sites is 1. The predicted octanol–water partition coefficient (Wildman–Crippen LogP) is 3.72. The number of amides is 2. The minimum Gasteiger partial charge on any atom is -0.352 e. The number of anilines is 1.